The van der Waals surface area contributed by atoms with Gasteiger partial charge >= 0.3 is 0 Å². The van der Waals surface area contributed by atoms with Gasteiger partial charge in [0.05, 0.1) is 26.4 Å². The Hall–Kier alpha value is -4.39. The van der Waals surface area contributed by atoms with Gasteiger partial charge in [-0.1, -0.05) is 30.3 Å². The summed E-state index contributed by atoms with van der Waals surface area (Å²) < 4.78 is 30.0. The molecule has 0 aliphatic carbocycles. The summed E-state index contributed by atoms with van der Waals surface area (Å²) in [4.78, 5) is 19.6. The van der Waals surface area contributed by atoms with Crippen LogP contribution < -0.4 is 14.2 Å². The Kier molecular flexibility index (Phi) is 8.70. The van der Waals surface area contributed by atoms with Crippen LogP contribution in [0.4, 0.5) is 4.39 Å². The van der Waals surface area contributed by atoms with Gasteiger partial charge in [-0.2, -0.15) is 0 Å². The van der Waals surface area contributed by atoms with Crippen molar-refractivity contribution in [2.24, 2.45) is 0 Å². The maximum absolute atomic E-state index is 13.8. The molecule has 0 bridgehead atoms. The smallest absolute Gasteiger partial charge is 0.258 e. The fourth-order valence-electron chi connectivity index (χ4n) is 4.03. The Morgan fingerprint density at radius 2 is 1.57 bits per heavy atom. The lowest BCUT2D eigenvalue weighted by atomic mass is 10.1. The quantitative estimate of drug-likeness (QED) is 0.264. The summed E-state index contributed by atoms with van der Waals surface area (Å²) in [6.45, 7) is 1.20. The Morgan fingerprint density at radius 3 is 2.30 bits per heavy atom. The summed E-state index contributed by atoms with van der Waals surface area (Å²) in [6.07, 6.45) is 4.08. The molecule has 0 fully saturated rings. The van der Waals surface area contributed by atoms with Gasteiger partial charge in [-0.15, -0.1) is 0 Å². The zero-order chi connectivity index (χ0) is 26.0. The number of carbonyl (C=O) groups is 1. The molecule has 0 saturated heterocycles. The van der Waals surface area contributed by atoms with Crippen LogP contribution in [0.3, 0.4) is 0 Å². The van der Waals surface area contributed by atoms with E-state index in [2.05, 4.69) is 4.98 Å². The minimum absolute atomic E-state index is 0.185. The van der Waals surface area contributed by atoms with Crippen LogP contribution in [-0.4, -0.2) is 36.6 Å². The highest BCUT2D eigenvalue weighted by atomic mass is 19.1. The molecule has 0 saturated carbocycles. The fourth-order valence-corrected chi connectivity index (χ4v) is 4.03. The van der Waals surface area contributed by atoms with Gasteiger partial charge in [-0.3, -0.25) is 9.78 Å². The first-order chi connectivity index (χ1) is 18.1. The number of carbonyl (C=O) groups excluding carboxylic acids is 1. The molecule has 1 heterocycles. The Balaban J connectivity index is 1.52. The van der Waals surface area contributed by atoms with Crippen LogP contribution in [0.25, 0.3) is 0 Å². The molecule has 0 atom stereocenters. The van der Waals surface area contributed by atoms with Gasteiger partial charge in [0.2, 0.25) is 0 Å². The van der Waals surface area contributed by atoms with E-state index in [0.29, 0.717) is 48.9 Å². The number of pyridine rings is 1. The van der Waals surface area contributed by atoms with Crippen molar-refractivity contribution >= 4 is 5.91 Å². The van der Waals surface area contributed by atoms with E-state index in [9.17, 15) is 9.18 Å². The summed E-state index contributed by atoms with van der Waals surface area (Å²) >= 11 is 0. The van der Waals surface area contributed by atoms with Crippen molar-refractivity contribution in [3.8, 4) is 17.2 Å². The molecule has 7 heteroatoms. The predicted octanol–water partition coefficient (Wildman–Crippen LogP) is 5.70. The van der Waals surface area contributed by atoms with Gasteiger partial charge in [0.25, 0.3) is 5.91 Å². The standard InChI is InChI=1S/C30H29FN2O4/c1-35-28-8-4-7-27(29(28)36-2)30(34)33(20-23-13-16-32-17-14-23)21-24-5-3-6-26(19-24)37-18-15-22-9-11-25(31)12-10-22/h3-14,16-17,19H,15,18,20-21H2,1-2H3. The Labute approximate surface area is 216 Å². The van der Waals surface area contributed by atoms with Crippen molar-refractivity contribution < 1.29 is 23.4 Å². The van der Waals surface area contributed by atoms with Crippen molar-refractivity contribution in [2.45, 2.75) is 19.5 Å². The van der Waals surface area contributed by atoms with Crippen molar-refractivity contribution in [3.05, 3.63) is 119 Å². The number of hydrogen-bond acceptors (Lipinski definition) is 5. The minimum Gasteiger partial charge on any atom is -0.493 e. The van der Waals surface area contributed by atoms with Gasteiger partial charge < -0.3 is 19.1 Å². The Morgan fingerprint density at radius 1 is 0.838 bits per heavy atom. The molecule has 0 aliphatic rings. The number of aromatic nitrogens is 1. The third-order valence-electron chi connectivity index (χ3n) is 5.89. The molecule has 0 unspecified atom stereocenters. The van der Waals surface area contributed by atoms with Crippen molar-refractivity contribution in [2.75, 3.05) is 20.8 Å². The molecule has 190 valence electrons. The van der Waals surface area contributed by atoms with Gasteiger partial charge in [0, 0.05) is 31.9 Å². The SMILES string of the molecule is COc1cccc(C(=O)N(Cc2ccncc2)Cc2cccc(OCCc3ccc(F)cc3)c2)c1OC. The first kappa shape index (κ1) is 25.7. The molecule has 0 radical (unpaired) electrons. The number of halogens is 1. The van der Waals surface area contributed by atoms with Crippen molar-refractivity contribution in [1.82, 2.24) is 9.88 Å². The number of para-hydroxylation sites is 1. The van der Waals surface area contributed by atoms with Crippen molar-refractivity contribution in [1.29, 1.82) is 0 Å². The van der Waals surface area contributed by atoms with Gasteiger partial charge in [-0.05, 0) is 65.2 Å². The predicted molar refractivity (Wildman–Crippen MR) is 139 cm³/mol. The van der Waals surface area contributed by atoms with E-state index >= 15 is 0 Å². The van der Waals surface area contributed by atoms with E-state index in [1.807, 2.05) is 36.4 Å². The third-order valence-corrected chi connectivity index (χ3v) is 5.89. The minimum atomic E-state index is -0.255. The van der Waals surface area contributed by atoms with Crippen LogP contribution in [0.15, 0.2) is 91.3 Å². The van der Waals surface area contributed by atoms with Gasteiger partial charge in [0.15, 0.2) is 11.5 Å². The average molecular weight is 501 g/mol. The number of nitrogens with zero attached hydrogens (tertiary/aromatic N) is 2. The maximum Gasteiger partial charge on any atom is 0.258 e. The molecule has 6 nitrogen and oxygen atoms in total. The highest BCUT2D eigenvalue weighted by Gasteiger charge is 2.23. The second-order valence-corrected chi connectivity index (χ2v) is 8.43. The van der Waals surface area contributed by atoms with Crippen LogP contribution in [-0.2, 0) is 19.5 Å². The van der Waals surface area contributed by atoms with Crippen LogP contribution in [0, 0.1) is 5.82 Å². The zero-order valence-corrected chi connectivity index (χ0v) is 20.9. The molecule has 1 amide bonds. The van der Waals surface area contributed by atoms with E-state index < -0.39 is 0 Å². The largest absolute Gasteiger partial charge is 0.493 e. The maximum atomic E-state index is 13.8. The molecular formula is C30H29FN2O4. The molecule has 0 N–H and O–H groups in total. The van der Waals surface area contributed by atoms with Crippen molar-refractivity contribution in [3.63, 3.8) is 0 Å². The average Bonchev–Trinajstić information content (AvgIpc) is 2.93. The lowest BCUT2D eigenvalue weighted by molar-refractivity contribution is 0.0725. The first-order valence-corrected chi connectivity index (χ1v) is 11.9. The van der Waals surface area contributed by atoms with E-state index in [-0.39, 0.29) is 11.7 Å². The number of hydrogen-bond donors (Lipinski definition) is 0. The monoisotopic (exact) mass is 500 g/mol. The van der Waals surface area contributed by atoms with Crippen LogP contribution in [0.2, 0.25) is 0 Å². The molecule has 3 aromatic carbocycles. The van der Waals surface area contributed by atoms with E-state index in [1.165, 1.54) is 19.2 Å². The number of rotatable bonds is 11. The topological polar surface area (TPSA) is 60.9 Å². The number of benzene rings is 3. The van der Waals surface area contributed by atoms with E-state index in [4.69, 9.17) is 14.2 Å². The summed E-state index contributed by atoms with van der Waals surface area (Å²) in [6, 6.07) is 23.1. The molecule has 4 rings (SSSR count). The fraction of sp³-hybridized carbons (Fsp3) is 0.200. The second-order valence-electron chi connectivity index (χ2n) is 8.43. The summed E-state index contributed by atoms with van der Waals surface area (Å²) in [5.74, 6) is 1.15. The molecule has 0 aliphatic heterocycles. The molecule has 37 heavy (non-hydrogen) atoms. The number of methoxy groups -OCH3 is 2. The number of ether oxygens (including phenoxy) is 3. The van der Waals surface area contributed by atoms with Crippen LogP contribution >= 0.6 is 0 Å². The van der Waals surface area contributed by atoms with Crippen LogP contribution in [0.1, 0.15) is 27.0 Å². The van der Waals surface area contributed by atoms with Gasteiger partial charge in [-0.25, -0.2) is 4.39 Å². The highest BCUT2D eigenvalue weighted by molar-refractivity contribution is 5.97. The lowest BCUT2D eigenvalue weighted by Gasteiger charge is -2.24. The normalized spacial score (nSPS) is 10.6. The third kappa shape index (κ3) is 6.85. The first-order valence-electron chi connectivity index (χ1n) is 11.9. The molecule has 4 aromatic rings. The molecule has 0 spiro atoms. The molecular weight excluding hydrogens is 471 g/mol. The Bertz CT molecular complexity index is 1310. The lowest BCUT2D eigenvalue weighted by Crippen LogP contribution is -2.30. The highest BCUT2D eigenvalue weighted by Crippen LogP contribution is 2.32. The summed E-state index contributed by atoms with van der Waals surface area (Å²) in [7, 11) is 3.07. The zero-order valence-electron chi connectivity index (χ0n) is 20.9. The van der Waals surface area contributed by atoms with Crippen LogP contribution in [0.5, 0.6) is 17.2 Å². The van der Waals surface area contributed by atoms with E-state index in [1.54, 1.807) is 54.7 Å². The number of amides is 1. The van der Waals surface area contributed by atoms with E-state index in [0.717, 1.165) is 16.7 Å². The summed E-state index contributed by atoms with van der Waals surface area (Å²) in [5.41, 5.74) is 3.29. The molecule has 1 aromatic heterocycles. The summed E-state index contributed by atoms with van der Waals surface area (Å²) in [5, 5.41) is 0. The second kappa shape index (κ2) is 12.5. The van der Waals surface area contributed by atoms with Gasteiger partial charge in [0.1, 0.15) is 11.6 Å².